The predicted molar refractivity (Wildman–Crippen MR) is 31.5 cm³/mol. The molecule has 0 aromatic heterocycles. The average Bonchev–Trinajstić information content (AvgIpc) is 1.68. The summed E-state index contributed by atoms with van der Waals surface area (Å²) < 4.78 is 0. The summed E-state index contributed by atoms with van der Waals surface area (Å²) in [6, 6.07) is 1.69. The Labute approximate surface area is 53.9 Å². The summed E-state index contributed by atoms with van der Waals surface area (Å²) >= 11 is 0. The predicted octanol–water partition coefficient (Wildman–Crippen LogP) is -0.150. The largest absolute Gasteiger partial charge is 0.324 e. The quantitative estimate of drug-likeness (QED) is 0.571. The third-order valence-corrected chi connectivity index (χ3v) is 0.504. The van der Waals surface area contributed by atoms with E-state index in [-0.39, 0.29) is 31.2 Å². The van der Waals surface area contributed by atoms with Gasteiger partial charge in [0.25, 0.3) is 0 Å². The summed E-state index contributed by atoms with van der Waals surface area (Å²) in [6.07, 6.45) is -0.0590. The van der Waals surface area contributed by atoms with Crippen LogP contribution in [0.2, 0.25) is 0 Å². The number of nitrogens with zero attached hydrogens (tertiary/aromatic N) is 1. The molecule has 0 saturated heterocycles. The lowest BCUT2D eigenvalue weighted by atomic mass is 10.3. The molecule has 0 amide bonds. The van der Waals surface area contributed by atoms with Crippen molar-refractivity contribution in [1.82, 2.24) is 0 Å². The molecule has 0 aromatic rings. The summed E-state index contributed by atoms with van der Waals surface area (Å²) in [5, 5.41) is 7.84. The Morgan fingerprint density at radius 1 is 1.75 bits per heavy atom. The highest BCUT2D eigenvalue weighted by molar-refractivity contribution is 5.85. The van der Waals surface area contributed by atoms with Crippen LogP contribution in [0.5, 0.6) is 0 Å². The highest BCUT2D eigenvalue weighted by Gasteiger charge is 1.91. The number of carbonyl (C=O) groups is 1. The minimum Gasteiger partial charge on any atom is -0.324 e. The van der Waals surface area contributed by atoms with E-state index in [0.717, 1.165) is 0 Å². The van der Waals surface area contributed by atoms with Crippen LogP contribution in [0.1, 0.15) is 6.42 Å². The first-order valence-electron chi connectivity index (χ1n) is 1.90. The number of nitrogens with two attached hydrogens (primary N) is 1. The van der Waals surface area contributed by atoms with Crippen LogP contribution in [0.15, 0.2) is 0 Å². The minimum absolute atomic E-state index is 0. The molecular formula is C4H7ClN2O. The van der Waals surface area contributed by atoms with E-state index in [1.54, 1.807) is 6.07 Å². The van der Waals surface area contributed by atoms with Crippen LogP contribution >= 0.6 is 12.4 Å². The van der Waals surface area contributed by atoms with Gasteiger partial charge in [0.05, 0.1) is 19.0 Å². The van der Waals surface area contributed by atoms with Crippen molar-refractivity contribution in [2.75, 3.05) is 6.54 Å². The number of hydrogen-bond donors (Lipinski definition) is 1. The summed E-state index contributed by atoms with van der Waals surface area (Å²) in [6.45, 7) is -0.0203. The van der Waals surface area contributed by atoms with Crippen molar-refractivity contribution in [3.05, 3.63) is 0 Å². The Morgan fingerprint density at radius 2 is 2.25 bits per heavy atom. The lowest BCUT2D eigenvalue weighted by Crippen LogP contribution is -2.11. The standard InChI is InChI=1S/C4H6N2O.ClH/c5-2-1-4(7)3-6;/h1,3,6H2;1H. The summed E-state index contributed by atoms with van der Waals surface area (Å²) in [5.74, 6) is -0.206. The van der Waals surface area contributed by atoms with Crippen LogP contribution in [0.4, 0.5) is 0 Å². The van der Waals surface area contributed by atoms with E-state index in [1.807, 2.05) is 0 Å². The smallest absolute Gasteiger partial charge is 0.160 e. The molecule has 3 nitrogen and oxygen atoms in total. The van der Waals surface area contributed by atoms with Gasteiger partial charge in [0.1, 0.15) is 0 Å². The highest BCUT2D eigenvalue weighted by atomic mass is 35.5. The first-order chi connectivity index (χ1) is 3.31. The average molecular weight is 135 g/mol. The second-order valence-electron chi connectivity index (χ2n) is 1.08. The monoisotopic (exact) mass is 134 g/mol. The number of rotatable bonds is 2. The van der Waals surface area contributed by atoms with Crippen LogP contribution in [0.25, 0.3) is 0 Å². The van der Waals surface area contributed by atoms with Gasteiger partial charge < -0.3 is 5.73 Å². The first kappa shape index (κ1) is 10.4. The summed E-state index contributed by atoms with van der Waals surface area (Å²) in [7, 11) is 0. The molecule has 0 spiro atoms. The van der Waals surface area contributed by atoms with Gasteiger partial charge in [-0.3, -0.25) is 4.79 Å². The summed E-state index contributed by atoms with van der Waals surface area (Å²) in [5.41, 5.74) is 4.86. The molecule has 0 aliphatic carbocycles. The van der Waals surface area contributed by atoms with Gasteiger partial charge in [0.15, 0.2) is 5.78 Å². The molecule has 0 radical (unpaired) electrons. The second kappa shape index (κ2) is 6.41. The van der Waals surface area contributed by atoms with Crippen molar-refractivity contribution >= 4 is 18.2 Å². The van der Waals surface area contributed by atoms with Crippen molar-refractivity contribution in [3.8, 4) is 6.07 Å². The molecule has 0 heterocycles. The maximum atomic E-state index is 10.1. The van der Waals surface area contributed by atoms with Gasteiger partial charge >= 0.3 is 0 Å². The van der Waals surface area contributed by atoms with Gasteiger partial charge in [0.2, 0.25) is 0 Å². The van der Waals surface area contributed by atoms with E-state index < -0.39 is 0 Å². The Kier molecular flexibility index (Phi) is 8.34. The van der Waals surface area contributed by atoms with Crippen LogP contribution in [0.3, 0.4) is 0 Å². The molecule has 0 saturated carbocycles. The van der Waals surface area contributed by atoms with Crippen LogP contribution in [0, 0.1) is 11.3 Å². The fourth-order valence-electron chi connectivity index (χ4n) is 0.160. The van der Waals surface area contributed by atoms with Gasteiger partial charge in [-0.15, -0.1) is 12.4 Å². The van der Waals surface area contributed by atoms with Crippen molar-refractivity contribution in [2.24, 2.45) is 5.73 Å². The van der Waals surface area contributed by atoms with Crippen molar-refractivity contribution < 1.29 is 4.79 Å². The topological polar surface area (TPSA) is 66.9 Å². The number of Topliss-reactive ketones (excluding diaryl/α,β-unsaturated/α-hetero) is 1. The third-order valence-electron chi connectivity index (χ3n) is 0.504. The number of ketones is 1. The van der Waals surface area contributed by atoms with E-state index >= 15 is 0 Å². The molecule has 0 aliphatic heterocycles. The lowest BCUT2D eigenvalue weighted by Gasteiger charge is -1.80. The zero-order valence-corrected chi connectivity index (χ0v) is 5.07. The molecule has 0 rings (SSSR count). The van der Waals surface area contributed by atoms with Crippen molar-refractivity contribution in [3.63, 3.8) is 0 Å². The molecule has 0 unspecified atom stereocenters. The fraction of sp³-hybridized carbons (Fsp3) is 0.500. The zero-order valence-electron chi connectivity index (χ0n) is 4.26. The number of nitriles is 1. The second-order valence-corrected chi connectivity index (χ2v) is 1.08. The Bertz CT molecular complexity index is 107. The van der Waals surface area contributed by atoms with Crippen molar-refractivity contribution in [2.45, 2.75) is 6.42 Å². The van der Waals surface area contributed by atoms with E-state index in [2.05, 4.69) is 0 Å². The van der Waals surface area contributed by atoms with Crippen LogP contribution in [-0.2, 0) is 4.79 Å². The number of hydrogen-bond acceptors (Lipinski definition) is 3. The van der Waals surface area contributed by atoms with Crippen molar-refractivity contribution in [1.29, 1.82) is 5.26 Å². The van der Waals surface area contributed by atoms with Gasteiger partial charge in [0, 0.05) is 0 Å². The lowest BCUT2D eigenvalue weighted by molar-refractivity contribution is -0.116. The SMILES string of the molecule is Cl.N#CCC(=O)CN. The van der Waals surface area contributed by atoms with E-state index in [1.165, 1.54) is 0 Å². The number of carbonyl (C=O) groups excluding carboxylic acids is 1. The van der Waals surface area contributed by atoms with E-state index in [4.69, 9.17) is 11.0 Å². The van der Waals surface area contributed by atoms with Gasteiger partial charge in [-0.25, -0.2) is 0 Å². The molecule has 46 valence electrons. The molecule has 2 N–H and O–H groups in total. The molecule has 0 aliphatic rings. The molecule has 0 atom stereocenters. The molecule has 4 heteroatoms. The summed E-state index contributed by atoms with van der Waals surface area (Å²) in [4.78, 5) is 10.1. The Morgan fingerprint density at radius 3 is 2.38 bits per heavy atom. The number of halogens is 1. The third kappa shape index (κ3) is 5.41. The maximum Gasteiger partial charge on any atom is 0.160 e. The first-order valence-corrected chi connectivity index (χ1v) is 1.90. The minimum atomic E-state index is -0.206. The van der Waals surface area contributed by atoms with Gasteiger partial charge in [-0.2, -0.15) is 5.26 Å². The van der Waals surface area contributed by atoms with E-state index in [9.17, 15) is 4.79 Å². The van der Waals surface area contributed by atoms with Crippen LogP contribution in [-0.4, -0.2) is 12.3 Å². The maximum absolute atomic E-state index is 10.1. The van der Waals surface area contributed by atoms with Gasteiger partial charge in [-0.05, 0) is 0 Å². The van der Waals surface area contributed by atoms with Crippen LogP contribution < -0.4 is 5.73 Å². The van der Waals surface area contributed by atoms with E-state index in [0.29, 0.717) is 0 Å². The van der Waals surface area contributed by atoms with Gasteiger partial charge in [-0.1, -0.05) is 0 Å². The Balaban J connectivity index is 0. The molecule has 0 bridgehead atoms. The highest BCUT2D eigenvalue weighted by Crippen LogP contribution is 1.72. The fourth-order valence-corrected chi connectivity index (χ4v) is 0.160. The molecule has 8 heavy (non-hydrogen) atoms. The molecule has 0 fully saturated rings. The molecular weight excluding hydrogens is 128 g/mol. The normalized spacial score (nSPS) is 6.50. The zero-order chi connectivity index (χ0) is 5.70. The molecule has 0 aromatic carbocycles. The Hall–Kier alpha value is -0.590.